The Bertz CT molecular complexity index is 750. The van der Waals surface area contributed by atoms with Gasteiger partial charge in [-0.25, -0.2) is 9.59 Å². The summed E-state index contributed by atoms with van der Waals surface area (Å²) < 4.78 is 11.0. The molecule has 1 amide bonds. The van der Waals surface area contributed by atoms with Gasteiger partial charge in [-0.3, -0.25) is 0 Å². The molecule has 0 spiro atoms. The van der Waals surface area contributed by atoms with Gasteiger partial charge in [-0.05, 0) is 51.1 Å². The molecule has 134 valence electrons. The van der Waals surface area contributed by atoms with Crippen molar-refractivity contribution >= 4 is 35.2 Å². The summed E-state index contributed by atoms with van der Waals surface area (Å²) in [5, 5.41) is 2.74. The maximum atomic E-state index is 11.7. The molecule has 1 heterocycles. The molecule has 0 aliphatic heterocycles. The van der Waals surface area contributed by atoms with Crippen molar-refractivity contribution < 1.29 is 19.1 Å². The number of ether oxygens (including phenoxy) is 2. The summed E-state index contributed by atoms with van der Waals surface area (Å²) in [7, 11) is 1.37. The highest BCUT2D eigenvalue weighted by atomic mass is 32.2. The first-order chi connectivity index (χ1) is 11.8. The van der Waals surface area contributed by atoms with Crippen LogP contribution in [-0.4, -0.2) is 24.8 Å². The van der Waals surface area contributed by atoms with Crippen LogP contribution in [0.5, 0.6) is 0 Å². The highest BCUT2D eigenvalue weighted by Gasteiger charge is 2.16. The van der Waals surface area contributed by atoms with Crippen molar-refractivity contribution in [1.29, 1.82) is 0 Å². The number of thiophene rings is 1. The van der Waals surface area contributed by atoms with Gasteiger partial charge in [0.1, 0.15) is 5.60 Å². The van der Waals surface area contributed by atoms with Gasteiger partial charge in [0.05, 0.1) is 23.4 Å². The molecule has 2 rings (SSSR count). The Morgan fingerprint density at radius 1 is 1.20 bits per heavy atom. The van der Waals surface area contributed by atoms with Gasteiger partial charge in [0, 0.05) is 9.77 Å². The highest BCUT2D eigenvalue weighted by Crippen LogP contribution is 2.33. The van der Waals surface area contributed by atoms with Crippen LogP contribution in [0.1, 0.15) is 36.0 Å². The van der Waals surface area contributed by atoms with E-state index in [4.69, 9.17) is 9.47 Å². The molecule has 0 saturated heterocycles. The van der Waals surface area contributed by atoms with Gasteiger partial charge >= 0.3 is 12.1 Å². The lowest BCUT2D eigenvalue weighted by molar-refractivity contribution is 0.0523. The number of amides is 1. The maximum Gasteiger partial charge on any atom is 0.407 e. The second-order valence-corrected chi connectivity index (χ2v) is 8.74. The quantitative estimate of drug-likeness (QED) is 0.762. The van der Waals surface area contributed by atoms with Crippen molar-refractivity contribution in [2.45, 2.75) is 42.0 Å². The summed E-state index contributed by atoms with van der Waals surface area (Å²) in [5.74, 6) is -0.351. The van der Waals surface area contributed by atoms with Gasteiger partial charge in [-0.2, -0.15) is 0 Å². The third kappa shape index (κ3) is 6.43. The number of hydrogen-bond acceptors (Lipinski definition) is 6. The predicted octanol–water partition coefficient (Wildman–Crippen LogP) is 4.71. The lowest BCUT2D eigenvalue weighted by Gasteiger charge is -2.19. The zero-order chi connectivity index (χ0) is 18.4. The first-order valence-electron chi connectivity index (χ1n) is 7.68. The molecule has 0 unspecified atom stereocenters. The molecule has 1 N–H and O–H groups in total. The lowest BCUT2D eigenvalue weighted by atomic mass is 10.2. The number of carbonyl (C=O) groups excluding carboxylic acids is 2. The molecule has 0 radical (unpaired) electrons. The van der Waals surface area contributed by atoms with Crippen molar-refractivity contribution in [3.05, 3.63) is 46.8 Å². The van der Waals surface area contributed by atoms with Crippen LogP contribution >= 0.6 is 23.1 Å². The maximum absolute atomic E-state index is 11.7. The standard InChI is InChI=1S/C18H21NO4S2/c1-18(2,3)23-17(21)19-11-14-8-9-15(25-14)24-13-7-5-6-12(10-13)16(20)22-4/h5-10H,11H2,1-4H3,(H,19,21). The fourth-order valence-corrected chi connectivity index (χ4v) is 4.05. The molecule has 0 aliphatic rings. The van der Waals surface area contributed by atoms with Crippen LogP contribution in [0.15, 0.2) is 45.5 Å². The van der Waals surface area contributed by atoms with Gasteiger partial charge < -0.3 is 14.8 Å². The summed E-state index contributed by atoms with van der Waals surface area (Å²) in [6.45, 7) is 5.90. The van der Waals surface area contributed by atoms with E-state index in [1.807, 2.05) is 45.0 Å². The number of esters is 1. The third-order valence-corrected chi connectivity index (χ3v) is 5.12. The lowest BCUT2D eigenvalue weighted by Crippen LogP contribution is -2.31. The van der Waals surface area contributed by atoms with Crippen LogP contribution in [0.2, 0.25) is 0 Å². The summed E-state index contributed by atoms with van der Waals surface area (Å²) in [4.78, 5) is 25.3. The Kier molecular flexibility index (Phi) is 6.50. The minimum absolute atomic E-state index is 0.351. The predicted molar refractivity (Wildman–Crippen MR) is 99.3 cm³/mol. The Morgan fingerprint density at radius 3 is 2.64 bits per heavy atom. The smallest absolute Gasteiger partial charge is 0.407 e. The molecule has 7 heteroatoms. The van der Waals surface area contributed by atoms with E-state index in [1.54, 1.807) is 35.2 Å². The summed E-state index contributed by atoms with van der Waals surface area (Å²) in [6.07, 6.45) is -0.430. The number of alkyl carbamates (subject to hydrolysis) is 1. The monoisotopic (exact) mass is 379 g/mol. The molecular formula is C18H21NO4S2. The molecule has 0 bridgehead atoms. The average Bonchev–Trinajstić information content (AvgIpc) is 2.98. The van der Waals surface area contributed by atoms with E-state index in [9.17, 15) is 9.59 Å². The van der Waals surface area contributed by atoms with Crippen LogP contribution < -0.4 is 5.32 Å². The number of carbonyl (C=O) groups is 2. The van der Waals surface area contributed by atoms with Gasteiger partial charge in [-0.1, -0.05) is 17.8 Å². The van der Waals surface area contributed by atoms with Crippen LogP contribution in [-0.2, 0) is 16.0 Å². The van der Waals surface area contributed by atoms with Gasteiger partial charge in [-0.15, -0.1) is 11.3 Å². The molecule has 1 aromatic heterocycles. The van der Waals surface area contributed by atoms with Gasteiger partial charge in [0.15, 0.2) is 0 Å². The van der Waals surface area contributed by atoms with Crippen LogP contribution in [0, 0.1) is 0 Å². The van der Waals surface area contributed by atoms with E-state index in [0.717, 1.165) is 14.0 Å². The van der Waals surface area contributed by atoms with E-state index in [2.05, 4.69) is 5.32 Å². The summed E-state index contributed by atoms with van der Waals surface area (Å²) in [6, 6.07) is 11.2. The van der Waals surface area contributed by atoms with Crippen molar-refractivity contribution in [2.24, 2.45) is 0 Å². The number of hydrogen-bond donors (Lipinski definition) is 1. The molecule has 25 heavy (non-hydrogen) atoms. The minimum atomic E-state index is -0.509. The van der Waals surface area contributed by atoms with E-state index < -0.39 is 11.7 Å². The fourth-order valence-electron chi connectivity index (χ4n) is 1.90. The topological polar surface area (TPSA) is 64.6 Å². The van der Waals surface area contributed by atoms with Crippen molar-refractivity contribution in [2.75, 3.05) is 7.11 Å². The normalized spacial score (nSPS) is 11.0. The Morgan fingerprint density at radius 2 is 1.96 bits per heavy atom. The van der Waals surface area contributed by atoms with Crippen LogP contribution in [0.25, 0.3) is 0 Å². The van der Waals surface area contributed by atoms with Crippen LogP contribution in [0.3, 0.4) is 0 Å². The minimum Gasteiger partial charge on any atom is -0.465 e. The number of benzene rings is 1. The second kappa shape index (κ2) is 8.40. The third-order valence-electron chi connectivity index (χ3n) is 2.92. The summed E-state index contributed by atoms with van der Waals surface area (Å²) >= 11 is 3.15. The van der Waals surface area contributed by atoms with Crippen LogP contribution in [0.4, 0.5) is 4.79 Å². The molecular weight excluding hydrogens is 358 g/mol. The largest absolute Gasteiger partial charge is 0.465 e. The van der Waals surface area contributed by atoms with Crippen molar-refractivity contribution in [3.63, 3.8) is 0 Å². The SMILES string of the molecule is COC(=O)c1cccc(Sc2ccc(CNC(=O)OC(C)(C)C)s2)c1. The molecule has 0 fully saturated rings. The first kappa shape index (κ1) is 19.3. The van der Waals surface area contributed by atoms with E-state index >= 15 is 0 Å². The van der Waals surface area contributed by atoms with Gasteiger partial charge in [0.2, 0.25) is 0 Å². The molecule has 0 atom stereocenters. The average molecular weight is 380 g/mol. The highest BCUT2D eigenvalue weighted by molar-refractivity contribution is 8.01. The first-order valence-corrected chi connectivity index (χ1v) is 9.32. The second-order valence-electron chi connectivity index (χ2n) is 6.20. The van der Waals surface area contributed by atoms with E-state index in [-0.39, 0.29) is 5.97 Å². The van der Waals surface area contributed by atoms with Crippen molar-refractivity contribution in [1.82, 2.24) is 5.32 Å². The van der Waals surface area contributed by atoms with Crippen molar-refractivity contribution in [3.8, 4) is 0 Å². The number of rotatable bonds is 5. The van der Waals surface area contributed by atoms with E-state index in [0.29, 0.717) is 12.1 Å². The van der Waals surface area contributed by atoms with E-state index in [1.165, 1.54) is 7.11 Å². The number of methoxy groups -OCH3 is 1. The molecule has 1 aromatic carbocycles. The number of nitrogens with one attached hydrogen (secondary N) is 1. The Balaban J connectivity index is 1.93. The fraction of sp³-hybridized carbons (Fsp3) is 0.333. The Hall–Kier alpha value is -1.99. The Labute approximate surface area is 155 Å². The molecule has 0 saturated carbocycles. The molecule has 5 nitrogen and oxygen atoms in total. The zero-order valence-corrected chi connectivity index (χ0v) is 16.3. The van der Waals surface area contributed by atoms with Gasteiger partial charge in [0.25, 0.3) is 0 Å². The summed E-state index contributed by atoms with van der Waals surface area (Å²) in [5.41, 5.74) is 0.0152. The molecule has 0 aliphatic carbocycles. The molecule has 2 aromatic rings. The zero-order valence-electron chi connectivity index (χ0n) is 14.6.